The normalized spacial score (nSPS) is 12.2. The van der Waals surface area contributed by atoms with Crippen LogP contribution in [-0.4, -0.2) is 45.4 Å². The fourth-order valence-electron chi connectivity index (χ4n) is 3.25. The number of benzene rings is 2. The van der Waals surface area contributed by atoms with E-state index in [0.717, 1.165) is 17.8 Å². The maximum Gasteiger partial charge on any atom is 0.234 e. The second-order valence-electron chi connectivity index (χ2n) is 7.27. The summed E-state index contributed by atoms with van der Waals surface area (Å²) in [4.78, 5) is 14.6. The lowest BCUT2D eigenvalue weighted by atomic mass is 10.2. The van der Waals surface area contributed by atoms with Gasteiger partial charge in [0.15, 0.2) is 11.0 Å². The van der Waals surface area contributed by atoms with Crippen LogP contribution in [0.3, 0.4) is 0 Å². The number of carbonyl (C=O) groups excluding carboxylic acids is 1. The molecule has 0 saturated heterocycles. The molecule has 0 spiro atoms. The van der Waals surface area contributed by atoms with E-state index in [0.29, 0.717) is 27.4 Å². The third kappa shape index (κ3) is 6.23. The molecule has 0 aliphatic carbocycles. The van der Waals surface area contributed by atoms with Gasteiger partial charge < -0.3 is 9.88 Å². The molecule has 0 fully saturated rings. The Balaban J connectivity index is 1.77. The fourth-order valence-corrected chi connectivity index (χ4v) is 4.29. The highest BCUT2D eigenvalue weighted by molar-refractivity contribution is 7.99. The van der Waals surface area contributed by atoms with E-state index in [4.69, 9.17) is 23.2 Å². The van der Waals surface area contributed by atoms with Crippen LogP contribution >= 0.6 is 35.0 Å². The Morgan fingerprint density at radius 3 is 2.52 bits per heavy atom. The Kier molecular flexibility index (Phi) is 8.37. The zero-order valence-corrected chi connectivity index (χ0v) is 20.0. The molecule has 9 heteroatoms. The number of nitrogens with zero attached hydrogens (tertiary/aromatic N) is 4. The van der Waals surface area contributed by atoms with Gasteiger partial charge in [0.05, 0.1) is 28.4 Å². The van der Waals surface area contributed by atoms with Crippen LogP contribution in [0.5, 0.6) is 0 Å². The van der Waals surface area contributed by atoms with Crippen LogP contribution in [0.15, 0.2) is 53.7 Å². The third-order valence-electron chi connectivity index (χ3n) is 4.77. The molecule has 3 aromatic rings. The molecule has 1 aromatic heterocycles. The van der Waals surface area contributed by atoms with Crippen LogP contribution in [-0.2, 0) is 11.3 Å². The minimum atomic E-state index is -0.154. The Morgan fingerprint density at radius 2 is 1.87 bits per heavy atom. The molecule has 2 aromatic carbocycles. The summed E-state index contributed by atoms with van der Waals surface area (Å²) in [6.07, 6.45) is 0.905. The predicted molar refractivity (Wildman–Crippen MR) is 128 cm³/mol. The lowest BCUT2D eigenvalue weighted by molar-refractivity contribution is -0.113. The van der Waals surface area contributed by atoms with E-state index in [1.807, 2.05) is 32.3 Å². The van der Waals surface area contributed by atoms with Crippen LogP contribution in [0.25, 0.3) is 0 Å². The zero-order valence-electron chi connectivity index (χ0n) is 17.7. The Morgan fingerprint density at radius 1 is 1.13 bits per heavy atom. The summed E-state index contributed by atoms with van der Waals surface area (Å²) >= 11 is 13.3. The number of amides is 1. The molecule has 1 amide bonds. The van der Waals surface area contributed by atoms with Crippen molar-refractivity contribution in [1.29, 1.82) is 0 Å². The first-order valence-corrected chi connectivity index (χ1v) is 11.6. The number of anilines is 1. The largest absolute Gasteiger partial charge is 0.325 e. The van der Waals surface area contributed by atoms with E-state index in [1.165, 1.54) is 11.8 Å². The summed E-state index contributed by atoms with van der Waals surface area (Å²) in [6, 6.07) is 15.3. The molecule has 6 nitrogen and oxygen atoms in total. The monoisotopic (exact) mass is 477 g/mol. The number of aromatic nitrogens is 3. The van der Waals surface area contributed by atoms with Crippen LogP contribution in [0.1, 0.15) is 30.8 Å². The lowest BCUT2D eigenvalue weighted by Crippen LogP contribution is -2.23. The van der Waals surface area contributed by atoms with Crippen molar-refractivity contribution in [3.05, 3.63) is 70.0 Å². The average Bonchev–Trinajstić information content (AvgIpc) is 3.12. The van der Waals surface area contributed by atoms with Crippen molar-refractivity contribution in [2.45, 2.75) is 31.1 Å². The Bertz CT molecular complexity index is 1030. The number of rotatable bonds is 9. The van der Waals surface area contributed by atoms with Crippen LogP contribution < -0.4 is 5.32 Å². The highest BCUT2D eigenvalue weighted by atomic mass is 35.5. The smallest absolute Gasteiger partial charge is 0.234 e. The van der Waals surface area contributed by atoms with E-state index in [2.05, 4.69) is 44.0 Å². The third-order valence-corrected chi connectivity index (χ3v) is 6.48. The van der Waals surface area contributed by atoms with Gasteiger partial charge in [0.2, 0.25) is 5.91 Å². The van der Waals surface area contributed by atoms with Crippen LogP contribution in [0.2, 0.25) is 10.0 Å². The van der Waals surface area contributed by atoms with Gasteiger partial charge in [-0.15, -0.1) is 10.2 Å². The Hall–Kier alpha value is -2.06. The van der Waals surface area contributed by atoms with Crippen molar-refractivity contribution in [2.24, 2.45) is 0 Å². The number of hydrogen-bond donors (Lipinski definition) is 1. The van der Waals surface area contributed by atoms with E-state index in [9.17, 15) is 4.79 Å². The first kappa shape index (κ1) is 23.6. The second kappa shape index (κ2) is 11.0. The summed E-state index contributed by atoms with van der Waals surface area (Å²) < 4.78 is 2.10. The van der Waals surface area contributed by atoms with Crippen molar-refractivity contribution in [3.8, 4) is 0 Å². The molecular formula is C22H25Cl2N5OS. The highest BCUT2D eigenvalue weighted by Gasteiger charge is 2.22. The maximum atomic E-state index is 12.5. The molecule has 164 valence electrons. The first-order valence-electron chi connectivity index (χ1n) is 9.90. The van der Waals surface area contributed by atoms with Crippen LogP contribution in [0, 0.1) is 0 Å². The van der Waals surface area contributed by atoms with Gasteiger partial charge in [-0.25, -0.2) is 0 Å². The maximum absolute atomic E-state index is 12.5. The van der Waals surface area contributed by atoms with Gasteiger partial charge in [-0.3, -0.25) is 9.69 Å². The van der Waals surface area contributed by atoms with Crippen molar-refractivity contribution in [2.75, 3.05) is 25.2 Å². The summed E-state index contributed by atoms with van der Waals surface area (Å²) in [5, 5.41) is 13.3. The zero-order chi connectivity index (χ0) is 22.4. The number of carbonyl (C=O) groups is 1. The molecule has 3 rings (SSSR count). The second-order valence-corrected chi connectivity index (χ2v) is 9.02. The van der Waals surface area contributed by atoms with Crippen molar-refractivity contribution < 1.29 is 4.79 Å². The van der Waals surface area contributed by atoms with Crippen molar-refractivity contribution in [1.82, 2.24) is 19.7 Å². The summed E-state index contributed by atoms with van der Waals surface area (Å²) in [7, 11) is 4.07. The summed E-state index contributed by atoms with van der Waals surface area (Å²) in [6.45, 7) is 2.77. The molecule has 0 aliphatic heterocycles. The minimum absolute atomic E-state index is 0.135. The molecule has 1 heterocycles. The van der Waals surface area contributed by atoms with Crippen molar-refractivity contribution in [3.63, 3.8) is 0 Å². The highest BCUT2D eigenvalue weighted by Crippen LogP contribution is 2.27. The number of halogens is 2. The molecule has 0 bridgehead atoms. The molecule has 0 saturated carbocycles. The molecule has 1 unspecified atom stereocenters. The minimum Gasteiger partial charge on any atom is -0.325 e. The van der Waals surface area contributed by atoms with Gasteiger partial charge in [-0.05, 0) is 44.3 Å². The van der Waals surface area contributed by atoms with Gasteiger partial charge in [0.1, 0.15) is 0 Å². The summed E-state index contributed by atoms with van der Waals surface area (Å²) in [5.41, 5.74) is 1.75. The summed E-state index contributed by atoms with van der Waals surface area (Å²) in [5.74, 6) is 0.939. The first-order chi connectivity index (χ1) is 14.9. The molecule has 0 radical (unpaired) electrons. The number of nitrogens with one attached hydrogen (secondary N) is 1. The quantitative estimate of drug-likeness (QED) is 0.419. The van der Waals surface area contributed by atoms with Gasteiger partial charge in [-0.1, -0.05) is 72.2 Å². The van der Waals surface area contributed by atoms with E-state index < -0.39 is 0 Å². The van der Waals surface area contributed by atoms with Gasteiger partial charge >= 0.3 is 0 Å². The molecular weight excluding hydrogens is 453 g/mol. The van der Waals surface area contributed by atoms with E-state index >= 15 is 0 Å². The molecule has 1 atom stereocenters. The van der Waals surface area contributed by atoms with E-state index in [1.54, 1.807) is 18.2 Å². The van der Waals surface area contributed by atoms with Crippen LogP contribution in [0.4, 0.5) is 5.69 Å². The Labute approximate surface area is 196 Å². The molecule has 0 aliphatic rings. The van der Waals surface area contributed by atoms with Gasteiger partial charge in [0.25, 0.3) is 0 Å². The van der Waals surface area contributed by atoms with Gasteiger partial charge in [0, 0.05) is 5.69 Å². The number of thioether (sulfide) groups is 1. The lowest BCUT2D eigenvalue weighted by Gasteiger charge is -2.23. The number of hydrogen-bond acceptors (Lipinski definition) is 5. The molecule has 1 N–H and O–H groups in total. The standard InChI is InChI=1S/C22H25Cl2N5OS/c1-4-19(28(2)3)21-26-27-22(29(21)13-15-8-6-5-7-9-15)31-14-20(30)25-16-10-11-17(23)18(24)12-16/h5-12,19H,4,13-14H2,1-3H3,(H,25,30). The average molecular weight is 478 g/mol. The van der Waals surface area contributed by atoms with E-state index in [-0.39, 0.29) is 17.7 Å². The molecule has 31 heavy (non-hydrogen) atoms. The SMILES string of the molecule is CCC(c1nnc(SCC(=O)Nc2ccc(Cl)c(Cl)c2)n1Cc1ccccc1)N(C)C. The van der Waals surface area contributed by atoms with Gasteiger partial charge in [-0.2, -0.15) is 0 Å². The van der Waals surface area contributed by atoms with Crippen molar-refractivity contribution >= 4 is 46.6 Å². The predicted octanol–water partition coefficient (Wildman–Crippen LogP) is 5.38. The fraction of sp³-hybridized carbons (Fsp3) is 0.318. The topological polar surface area (TPSA) is 63.1 Å².